The van der Waals surface area contributed by atoms with Gasteiger partial charge in [0, 0.05) is 31.7 Å². The van der Waals surface area contributed by atoms with Crippen LogP contribution in [0.15, 0.2) is 53.5 Å². The Morgan fingerprint density at radius 2 is 1.85 bits per heavy atom. The highest BCUT2D eigenvalue weighted by Crippen LogP contribution is 2.26. The summed E-state index contributed by atoms with van der Waals surface area (Å²) in [6.07, 6.45) is 1.50. The summed E-state index contributed by atoms with van der Waals surface area (Å²) in [5.41, 5.74) is 2.05. The quantitative estimate of drug-likeness (QED) is 0.244. The standard InChI is InChI=1S/C25H36N4O3.HI/c1-4-26-25(27-16-24(30)20-13-22(31-2)15-23(14-20)32-3)28-21-11-8-12-29(18-21)17-19-9-6-5-7-10-19;/h5-7,9-10,13-15,21,24,30H,4,8,11-12,16-18H2,1-3H3,(H2,26,27,28);1H. The molecule has 1 aliphatic heterocycles. The molecule has 0 bridgehead atoms. The van der Waals surface area contributed by atoms with Crippen LogP contribution < -0.4 is 20.1 Å². The summed E-state index contributed by atoms with van der Waals surface area (Å²) in [4.78, 5) is 7.13. The molecular formula is C25H37IN4O3. The molecule has 1 heterocycles. The number of aliphatic hydroxyl groups is 1. The van der Waals surface area contributed by atoms with Crippen molar-refractivity contribution in [3.8, 4) is 11.5 Å². The summed E-state index contributed by atoms with van der Waals surface area (Å²) >= 11 is 0. The number of methoxy groups -OCH3 is 2. The van der Waals surface area contributed by atoms with E-state index in [2.05, 4.69) is 50.9 Å². The third-order valence-electron chi connectivity index (χ3n) is 5.62. The zero-order chi connectivity index (χ0) is 22.8. The third-order valence-corrected chi connectivity index (χ3v) is 5.62. The number of hydrogen-bond acceptors (Lipinski definition) is 5. The van der Waals surface area contributed by atoms with Gasteiger partial charge in [-0.2, -0.15) is 0 Å². The molecule has 7 nitrogen and oxygen atoms in total. The predicted molar refractivity (Wildman–Crippen MR) is 144 cm³/mol. The molecule has 2 unspecified atom stereocenters. The van der Waals surface area contributed by atoms with Crippen molar-refractivity contribution >= 4 is 29.9 Å². The lowest BCUT2D eigenvalue weighted by Crippen LogP contribution is -2.51. The van der Waals surface area contributed by atoms with Crippen LogP contribution in [0.3, 0.4) is 0 Å². The molecule has 182 valence electrons. The topological polar surface area (TPSA) is 78.4 Å². The second-order valence-corrected chi connectivity index (χ2v) is 8.09. The molecule has 2 atom stereocenters. The van der Waals surface area contributed by atoms with E-state index < -0.39 is 6.10 Å². The van der Waals surface area contributed by atoms with Crippen molar-refractivity contribution in [2.45, 2.75) is 38.5 Å². The Morgan fingerprint density at radius 1 is 1.15 bits per heavy atom. The van der Waals surface area contributed by atoms with Gasteiger partial charge in [0.05, 0.1) is 26.9 Å². The smallest absolute Gasteiger partial charge is 0.191 e. The Morgan fingerprint density at radius 3 is 2.48 bits per heavy atom. The molecule has 2 aromatic rings. The summed E-state index contributed by atoms with van der Waals surface area (Å²) < 4.78 is 10.6. The first-order valence-corrected chi connectivity index (χ1v) is 11.3. The molecule has 1 fully saturated rings. The molecule has 3 N–H and O–H groups in total. The van der Waals surface area contributed by atoms with Gasteiger partial charge in [0.15, 0.2) is 5.96 Å². The summed E-state index contributed by atoms with van der Waals surface area (Å²) in [6.45, 7) is 6.08. The van der Waals surface area contributed by atoms with Gasteiger partial charge in [-0.3, -0.25) is 9.89 Å². The van der Waals surface area contributed by atoms with E-state index in [9.17, 15) is 5.11 Å². The number of halogens is 1. The van der Waals surface area contributed by atoms with Crippen molar-refractivity contribution in [3.05, 3.63) is 59.7 Å². The lowest BCUT2D eigenvalue weighted by molar-refractivity contribution is 0.184. The van der Waals surface area contributed by atoms with Crippen LogP contribution in [0.25, 0.3) is 0 Å². The largest absolute Gasteiger partial charge is 0.497 e. The molecule has 0 aliphatic carbocycles. The van der Waals surface area contributed by atoms with Crippen LogP contribution in [0.2, 0.25) is 0 Å². The number of likely N-dealkylation sites (tertiary alicyclic amines) is 1. The number of guanidine groups is 1. The molecule has 0 amide bonds. The fraction of sp³-hybridized carbons (Fsp3) is 0.480. The van der Waals surface area contributed by atoms with Crippen molar-refractivity contribution in [1.29, 1.82) is 0 Å². The van der Waals surface area contributed by atoms with Gasteiger partial charge in [-0.25, -0.2) is 0 Å². The lowest BCUT2D eigenvalue weighted by atomic mass is 10.0. The van der Waals surface area contributed by atoms with E-state index in [1.807, 2.05) is 19.1 Å². The van der Waals surface area contributed by atoms with Gasteiger partial charge in [-0.15, -0.1) is 24.0 Å². The number of aliphatic imine (C=N–C) groups is 1. The Bertz CT molecular complexity index is 844. The van der Waals surface area contributed by atoms with Gasteiger partial charge in [0.2, 0.25) is 0 Å². The minimum absolute atomic E-state index is 0. The zero-order valence-corrected chi connectivity index (χ0v) is 22.1. The molecule has 1 saturated heterocycles. The van der Waals surface area contributed by atoms with Crippen LogP contribution in [-0.2, 0) is 6.54 Å². The first kappa shape index (κ1) is 27.2. The van der Waals surface area contributed by atoms with E-state index in [4.69, 9.17) is 9.47 Å². The van der Waals surface area contributed by atoms with E-state index in [-0.39, 0.29) is 30.5 Å². The number of hydrogen-bond donors (Lipinski definition) is 3. The molecule has 8 heteroatoms. The molecule has 33 heavy (non-hydrogen) atoms. The molecule has 2 aromatic carbocycles. The van der Waals surface area contributed by atoms with Gasteiger partial charge >= 0.3 is 0 Å². The highest BCUT2D eigenvalue weighted by Gasteiger charge is 2.21. The third kappa shape index (κ3) is 8.68. The second kappa shape index (κ2) is 14.3. The van der Waals surface area contributed by atoms with Gasteiger partial charge in [0.25, 0.3) is 0 Å². The molecule has 0 radical (unpaired) electrons. The van der Waals surface area contributed by atoms with Crippen LogP contribution in [0.4, 0.5) is 0 Å². The highest BCUT2D eigenvalue weighted by atomic mass is 127. The SMILES string of the molecule is CCNC(=NCC(O)c1cc(OC)cc(OC)c1)NC1CCCN(Cc2ccccc2)C1.I. The molecular weight excluding hydrogens is 531 g/mol. The van der Waals surface area contributed by atoms with Crippen LogP contribution in [0, 0.1) is 0 Å². The fourth-order valence-corrected chi connectivity index (χ4v) is 3.98. The first-order chi connectivity index (χ1) is 15.6. The van der Waals surface area contributed by atoms with Gasteiger partial charge < -0.3 is 25.2 Å². The molecule has 0 saturated carbocycles. The van der Waals surface area contributed by atoms with Crippen LogP contribution in [0.5, 0.6) is 11.5 Å². The van der Waals surface area contributed by atoms with Crippen LogP contribution >= 0.6 is 24.0 Å². The molecule has 3 rings (SSSR count). The van der Waals surface area contributed by atoms with E-state index >= 15 is 0 Å². The van der Waals surface area contributed by atoms with E-state index in [0.29, 0.717) is 23.1 Å². The average molecular weight is 569 g/mol. The maximum Gasteiger partial charge on any atom is 0.191 e. The highest BCUT2D eigenvalue weighted by molar-refractivity contribution is 14.0. The lowest BCUT2D eigenvalue weighted by Gasteiger charge is -2.34. The average Bonchev–Trinajstić information content (AvgIpc) is 2.83. The molecule has 0 aromatic heterocycles. The van der Waals surface area contributed by atoms with Crippen LogP contribution in [-0.4, -0.2) is 62.4 Å². The van der Waals surface area contributed by atoms with Crippen molar-refractivity contribution in [2.75, 3.05) is 40.4 Å². The maximum absolute atomic E-state index is 10.7. The van der Waals surface area contributed by atoms with Crippen molar-refractivity contribution in [1.82, 2.24) is 15.5 Å². The Labute approximate surface area is 214 Å². The van der Waals surface area contributed by atoms with Gasteiger partial charge in [-0.1, -0.05) is 30.3 Å². The fourth-order valence-electron chi connectivity index (χ4n) is 3.98. The van der Waals surface area contributed by atoms with Crippen molar-refractivity contribution in [2.24, 2.45) is 4.99 Å². The Kier molecular flexibility index (Phi) is 11.8. The number of aliphatic hydroxyl groups excluding tert-OH is 1. The second-order valence-electron chi connectivity index (χ2n) is 8.09. The van der Waals surface area contributed by atoms with Gasteiger partial charge in [0.1, 0.15) is 11.5 Å². The Balaban J connectivity index is 0.00000385. The Hall–Kier alpha value is -2.04. The van der Waals surface area contributed by atoms with E-state index in [1.54, 1.807) is 20.3 Å². The monoisotopic (exact) mass is 568 g/mol. The minimum atomic E-state index is -0.754. The number of nitrogens with one attached hydrogen (secondary N) is 2. The maximum atomic E-state index is 10.7. The summed E-state index contributed by atoms with van der Waals surface area (Å²) in [7, 11) is 3.20. The minimum Gasteiger partial charge on any atom is -0.497 e. The number of benzene rings is 2. The molecule has 0 spiro atoms. The number of nitrogens with zero attached hydrogens (tertiary/aromatic N) is 2. The summed E-state index contributed by atoms with van der Waals surface area (Å²) in [5, 5.41) is 17.6. The van der Waals surface area contributed by atoms with E-state index in [0.717, 1.165) is 45.0 Å². The number of ether oxygens (including phenoxy) is 2. The first-order valence-electron chi connectivity index (χ1n) is 11.3. The summed E-state index contributed by atoms with van der Waals surface area (Å²) in [6, 6.07) is 16.3. The van der Waals surface area contributed by atoms with Crippen LogP contribution in [0.1, 0.15) is 37.0 Å². The number of rotatable bonds is 9. The number of piperidine rings is 1. The zero-order valence-electron chi connectivity index (χ0n) is 19.8. The van der Waals surface area contributed by atoms with E-state index in [1.165, 1.54) is 5.56 Å². The summed E-state index contributed by atoms with van der Waals surface area (Å²) in [5.74, 6) is 2.02. The normalized spacial score (nSPS) is 17.6. The predicted octanol–water partition coefficient (Wildman–Crippen LogP) is 3.57. The van der Waals surface area contributed by atoms with Crippen molar-refractivity contribution in [3.63, 3.8) is 0 Å². The van der Waals surface area contributed by atoms with Gasteiger partial charge in [-0.05, 0) is 49.6 Å². The molecule has 1 aliphatic rings. The van der Waals surface area contributed by atoms with Crippen molar-refractivity contribution < 1.29 is 14.6 Å².